The molecule has 0 bridgehead atoms. The van der Waals surface area contributed by atoms with Crippen molar-refractivity contribution in [1.82, 2.24) is 4.98 Å². The second-order valence-corrected chi connectivity index (χ2v) is 5.95. The molecule has 0 fully saturated rings. The number of para-hydroxylation sites is 1. The van der Waals surface area contributed by atoms with Crippen LogP contribution >= 0.6 is 0 Å². The lowest BCUT2D eigenvalue weighted by atomic mass is 10.2. The molecule has 5 heteroatoms. The fraction of sp³-hybridized carbons (Fsp3) is 0.182. The van der Waals surface area contributed by atoms with Crippen molar-refractivity contribution in [3.05, 3.63) is 84.7 Å². The van der Waals surface area contributed by atoms with Gasteiger partial charge in [-0.15, -0.1) is 0 Å². The van der Waals surface area contributed by atoms with E-state index in [2.05, 4.69) is 4.98 Å². The van der Waals surface area contributed by atoms with E-state index < -0.39 is 0 Å². The maximum absolute atomic E-state index is 12.9. The van der Waals surface area contributed by atoms with Crippen LogP contribution in [-0.4, -0.2) is 24.6 Å². The molecule has 1 aromatic heterocycles. The molecule has 1 heterocycles. The molecule has 0 aliphatic heterocycles. The van der Waals surface area contributed by atoms with Gasteiger partial charge in [-0.05, 0) is 35.9 Å². The Bertz CT molecular complexity index is 854. The van der Waals surface area contributed by atoms with Crippen molar-refractivity contribution < 1.29 is 14.3 Å². The molecule has 138 valence electrons. The highest BCUT2D eigenvalue weighted by molar-refractivity contribution is 5.93. The normalized spacial score (nSPS) is 10.3. The number of pyridine rings is 1. The summed E-state index contributed by atoms with van der Waals surface area (Å²) in [5.74, 6) is 1.44. The minimum absolute atomic E-state index is 0.0250. The average molecular weight is 362 g/mol. The van der Waals surface area contributed by atoms with Crippen molar-refractivity contribution in [2.24, 2.45) is 0 Å². The molecule has 27 heavy (non-hydrogen) atoms. The Balaban J connectivity index is 1.72. The SMILES string of the molecule is COc1cccc(N(Cc2cccnc2)C(=O)CCOc2ccccc2)c1. The van der Waals surface area contributed by atoms with E-state index in [1.807, 2.05) is 66.7 Å². The monoisotopic (exact) mass is 362 g/mol. The largest absolute Gasteiger partial charge is 0.497 e. The summed E-state index contributed by atoms with van der Waals surface area (Å²) in [6.45, 7) is 0.752. The maximum Gasteiger partial charge on any atom is 0.230 e. The summed E-state index contributed by atoms with van der Waals surface area (Å²) in [5, 5.41) is 0. The lowest BCUT2D eigenvalue weighted by Crippen LogP contribution is -2.31. The quantitative estimate of drug-likeness (QED) is 0.606. The van der Waals surface area contributed by atoms with Crippen LogP contribution < -0.4 is 14.4 Å². The highest BCUT2D eigenvalue weighted by atomic mass is 16.5. The van der Waals surface area contributed by atoms with Gasteiger partial charge in [-0.25, -0.2) is 0 Å². The standard InChI is InChI=1S/C22H22N2O3/c1-26-21-11-5-8-19(15-21)24(17-18-7-6-13-23-16-18)22(25)12-14-27-20-9-3-2-4-10-20/h2-11,13,15-16H,12,14,17H2,1H3. The Kier molecular flexibility index (Phi) is 6.41. The summed E-state index contributed by atoms with van der Waals surface area (Å²) < 4.78 is 11.0. The fourth-order valence-electron chi connectivity index (χ4n) is 2.68. The predicted octanol–water partition coefficient (Wildman–Crippen LogP) is 4.09. The first kappa shape index (κ1) is 18.5. The third kappa shape index (κ3) is 5.31. The Morgan fingerprint density at radius 2 is 1.81 bits per heavy atom. The van der Waals surface area contributed by atoms with Gasteiger partial charge in [0.1, 0.15) is 11.5 Å². The second-order valence-electron chi connectivity index (χ2n) is 5.95. The van der Waals surface area contributed by atoms with Gasteiger partial charge in [0, 0.05) is 24.1 Å². The van der Waals surface area contributed by atoms with Crippen molar-refractivity contribution in [1.29, 1.82) is 0 Å². The summed E-state index contributed by atoms with van der Waals surface area (Å²) in [5.41, 5.74) is 1.74. The van der Waals surface area contributed by atoms with E-state index in [4.69, 9.17) is 9.47 Å². The maximum atomic E-state index is 12.9. The average Bonchev–Trinajstić information content (AvgIpc) is 2.73. The van der Waals surface area contributed by atoms with E-state index >= 15 is 0 Å². The molecule has 3 aromatic rings. The van der Waals surface area contributed by atoms with Crippen molar-refractivity contribution in [2.45, 2.75) is 13.0 Å². The molecule has 0 saturated heterocycles. The number of methoxy groups -OCH3 is 1. The number of aromatic nitrogens is 1. The summed E-state index contributed by atoms with van der Waals surface area (Å²) >= 11 is 0. The lowest BCUT2D eigenvalue weighted by molar-refractivity contribution is -0.119. The highest BCUT2D eigenvalue weighted by Gasteiger charge is 2.17. The minimum Gasteiger partial charge on any atom is -0.497 e. The van der Waals surface area contributed by atoms with Gasteiger partial charge in [0.05, 0.1) is 26.7 Å². The molecule has 0 atom stereocenters. The molecular weight excluding hydrogens is 340 g/mol. The van der Waals surface area contributed by atoms with Crippen LogP contribution in [0.25, 0.3) is 0 Å². The summed E-state index contributed by atoms with van der Waals surface area (Å²) in [6, 6.07) is 20.8. The predicted molar refractivity (Wildman–Crippen MR) is 105 cm³/mol. The fourth-order valence-corrected chi connectivity index (χ4v) is 2.68. The minimum atomic E-state index is -0.0250. The molecular formula is C22H22N2O3. The van der Waals surface area contributed by atoms with Crippen LogP contribution in [0.15, 0.2) is 79.1 Å². The van der Waals surface area contributed by atoms with Gasteiger partial charge < -0.3 is 14.4 Å². The van der Waals surface area contributed by atoms with Crippen molar-refractivity contribution in [3.63, 3.8) is 0 Å². The number of anilines is 1. The van der Waals surface area contributed by atoms with Crippen LogP contribution in [0.5, 0.6) is 11.5 Å². The van der Waals surface area contributed by atoms with Crippen LogP contribution in [0.3, 0.4) is 0 Å². The molecule has 2 aromatic carbocycles. The Morgan fingerprint density at radius 1 is 1.00 bits per heavy atom. The molecule has 5 nitrogen and oxygen atoms in total. The van der Waals surface area contributed by atoms with E-state index in [0.717, 1.165) is 17.0 Å². The van der Waals surface area contributed by atoms with E-state index in [1.165, 1.54) is 0 Å². The zero-order valence-corrected chi connectivity index (χ0v) is 15.2. The van der Waals surface area contributed by atoms with Gasteiger partial charge in [0.25, 0.3) is 0 Å². The molecule has 0 saturated carbocycles. The molecule has 0 spiro atoms. The molecule has 3 rings (SSSR count). The number of benzene rings is 2. The van der Waals surface area contributed by atoms with Crippen LogP contribution in [0.2, 0.25) is 0 Å². The van der Waals surface area contributed by atoms with Gasteiger partial charge in [-0.2, -0.15) is 0 Å². The van der Waals surface area contributed by atoms with E-state index in [0.29, 0.717) is 18.9 Å². The third-order valence-corrected chi connectivity index (χ3v) is 4.06. The van der Waals surface area contributed by atoms with Gasteiger partial charge in [0.15, 0.2) is 0 Å². The van der Waals surface area contributed by atoms with Crippen molar-refractivity contribution in [3.8, 4) is 11.5 Å². The lowest BCUT2D eigenvalue weighted by Gasteiger charge is -2.23. The molecule has 0 unspecified atom stereocenters. The van der Waals surface area contributed by atoms with Crippen LogP contribution in [0.1, 0.15) is 12.0 Å². The third-order valence-electron chi connectivity index (χ3n) is 4.06. The van der Waals surface area contributed by atoms with Crippen LogP contribution in [0.4, 0.5) is 5.69 Å². The molecule has 1 amide bonds. The summed E-state index contributed by atoms with van der Waals surface area (Å²) in [4.78, 5) is 18.8. The summed E-state index contributed by atoms with van der Waals surface area (Å²) in [7, 11) is 1.61. The number of carbonyl (C=O) groups excluding carboxylic acids is 1. The topological polar surface area (TPSA) is 51.7 Å². The summed E-state index contributed by atoms with van der Waals surface area (Å²) in [6.07, 6.45) is 3.75. The van der Waals surface area contributed by atoms with E-state index in [1.54, 1.807) is 24.4 Å². The van der Waals surface area contributed by atoms with Crippen molar-refractivity contribution >= 4 is 11.6 Å². The van der Waals surface area contributed by atoms with Gasteiger partial charge in [0.2, 0.25) is 5.91 Å². The smallest absolute Gasteiger partial charge is 0.230 e. The van der Waals surface area contributed by atoms with Gasteiger partial charge in [-0.3, -0.25) is 9.78 Å². The Labute approximate surface area is 159 Å². The number of ether oxygens (including phenoxy) is 2. The highest BCUT2D eigenvalue weighted by Crippen LogP contribution is 2.23. The van der Waals surface area contributed by atoms with Gasteiger partial charge >= 0.3 is 0 Å². The number of nitrogens with zero attached hydrogens (tertiary/aromatic N) is 2. The zero-order chi connectivity index (χ0) is 18.9. The van der Waals surface area contributed by atoms with Crippen LogP contribution in [0, 0.1) is 0 Å². The number of rotatable bonds is 8. The Morgan fingerprint density at radius 3 is 2.56 bits per heavy atom. The number of amides is 1. The van der Waals surface area contributed by atoms with Crippen LogP contribution in [-0.2, 0) is 11.3 Å². The number of hydrogen-bond donors (Lipinski definition) is 0. The van der Waals surface area contributed by atoms with E-state index in [9.17, 15) is 4.79 Å². The van der Waals surface area contributed by atoms with E-state index in [-0.39, 0.29) is 12.3 Å². The molecule has 0 aliphatic rings. The van der Waals surface area contributed by atoms with Gasteiger partial charge in [-0.1, -0.05) is 30.3 Å². The molecule has 0 N–H and O–H groups in total. The number of carbonyl (C=O) groups is 1. The first-order valence-electron chi connectivity index (χ1n) is 8.77. The number of hydrogen-bond acceptors (Lipinski definition) is 4. The first-order chi connectivity index (χ1) is 13.3. The second kappa shape index (κ2) is 9.38. The molecule has 0 aliphatic carbocycles. The molecule has 0 radical (unpaired) electrons. The Hall–Kier alpha value is -3.34. The zero-order valence-electron chi connectivity index (χ0n) is 15.2. The van der Waals surface area contributed by atoms with Crippen molar-refractivity contribution in [2.75, 3.05) is 18.6 Å². The first-order valence-corrected chi connectivity index (χ1v) is 8.77.